The van der Waals surface area contributed by atoms with Crippen molar-refractivity contribution in [2.45, 2.75) is 24.2 Å². The fraction of sp³-hybridized carbons (Fsp3) is 0.391. The summed E-state index contributed by atoms with van der Waals surface area (Å²) in [5.41, 5.74) is 0.00823. The van der Waals surface area contributed by atoms with Crippen LogP contribution in [0.25, 0.3) is 10.2 Å². The number of thiazole rings is 1. The molecule has 1 heterocycles. The zero-order chi connectivity index (χ0) is 24.9. The zero-order valence-corrected chi connectivity index (χ0v) is 20.9. The molecule has 34 heavy (non-hydrogen) atoms. The van der Waals surface area contributed by atoms with Crippen LogP contribution in [-0.2, 0) is 14.6 Å². The van der Waals surface area contributed by atoms with Crippen LogP contribution in [-0.4, -0.2) is 64.3 Å². The monoisotopic (exact) mass is 511 g/mol. The second-order valence-corrected chi connectivity index (χ2v) is 11.1. The van der Waals surface area contributed by atoms with Crippen molar-refractivity contribution in [2.75, 3.05) is 44.9 Å². The third kappa shape index (κ3) is 6.49. The Bertz CT molecular complexity index is 1250. The predicted molar refractivity (Wildman–Crippen MR) is 129 cm³/mol. The van der Waals surface area contributed by atoms with Crippen LogP contribution in [0.1, 0.15) is 19.3 Å². The highest BCUT2D eigenvalue weighted by Gasteiger charge is 2.22. The van der Waals surface area contributed by atoms with Crippen LogP contribution < -0.4 is 9.64 Å². The Morgan fingerprint density at radius 1 is 1.09 bits per heavy atom. The Balaban J connectivity index is 1.73. The molecular formula is C23H27F2N3O4S2. The van der Waals surface area contributed by atoms with Crippen LogP contribution >= 0.6 is 11.3 Å². The number of hydrogen-bond donors (Lipinski definition) is 0. The molecule has 0 aliphatic rings. The molecule has 0 fully saturated rings. The molecule has 7 nitrogen and oxygen atoms in total. The average molecular weight is 512 g/mol. The Hall–Kier alpha value is -2.63. The smallest absolute Gasteiger partial charge is 0.228 e. The van der Waals surface area contributed by atoms with Gasteiger partial charge in [0, 0.05) is 19.0 Å². The van der Waals surface area contributed by atoms with Crippen LogP contribution in [0.3, 0.4) is 0 Å². The molecule has 0 radical (unpaired) electrons. The number of fused-ring (bicyclic) bond motifs is 1. The molecule has 0 bridgehead atoms. The molecule has 0 spiro atoms. The maximum Gasteiger partial charge on any atom is 0.228 e. The van der Waals surface area contributed by atoms with Gasteiger partial charge in [-0.05, 0) is 63.8 Å². The zero-order valence-electron chi connectivity index (χ0n) is 19.3. The van der Waals surface area contributed by atoms with Crippen LogP contribution in [0.15, 0.2) is 41.3 Å². The maximum absolute atomic E-state index is 14.1. The van der Waals surface area contributed by atoms with Gasteiger partial charge in [0.1, 0.15) is 17.1 Å². The molecule has 0 saturated heterocycles. The van der Waals surface area contributed by atoms with E-state index in [0.717, 1.165) is 17.4 Å². The van der Waals surface area contributed by atoms with E-state index in [2.05, 4.69) is 4.98 Å². The van der Waals surface area contributed by atoms with Crippen LogP contribution in [0, 0.1) is 11.6 Å². The quantitative estimate of drug-likeness (QED) is 0.385. The lowest BCUT2D eigenvalue weighted by Crippen LogP contribution is -2.33. The SMILES string of the molecule is COc1ccc(S(=O)(=O)CCCC(=O)N(CCCN(C)C)c2nc3c(F)cc(F)cc3s2)cc1. The van der Waals surface area contributed by atoms with E-state index in [9.17, 15) is 22.0 Å². The van der Waals surface area contributed by atoms with E-state index in [0.29, 0.717) is 30.0 Å². The van der Waals surface area contributed by atoms with Gasteiger partial charge in [-0.2, -0.15) is 0 Å². The van der Waals surface area contributed by atoms with Crippen molar-refractivity contribution in [1.29, 1.82) is 0 Å². The largest absolute Gasteiger partial charge is 0.497 e. The topological polar surface area (TPSA) is 79.8 Å². The van der Waals surface area contributed by atoms with Gasteiger partial charge in [-0.15, -0.1) is 0 Å². The normalized spacial score (nSPS) is 11.8. The summed E-state index contributed by atoms with van der Waals surface area (Å²) in [5.74, 6) is -1.47. The standard InChI is InChI=1S/C23H27F2N3O4S2/c1-27(2)11-5-12-28(23-26-22-19(25)14-16(24)15-20(22)33-23)21(29)6-4-13-34(30,31)18-9-7-17(32-3)8-10-18/h7-10,14-15H,4-6,11-13H2,1-3H3. The molecule has 2 aromatic carbocycles. The average Bonchev–Trinajstić information content (AvgIpc) is 3.20. The molecule has 3 aromatic rings. The minimum Gasteiger partial charge on any atom is -0.497 e. The highest BCUT2D eigenvalue weighted by atomic mass is 32.2. The van der Waals surface area contributed by atoms with E-state index >= 15 is 0 Å². The molecule has 0 unspecified atom stereocenters. The highest BCUT2D eigenvalue weighted by Crippen LogP contribution is 2.32. The number of amides is 1. The molecular weight excluding hydrogens is 484 g/mol. The summed E-state index contributed by atoms with van der Waals surface area (Å²) in [4.78, 5) is 20.9. The van der Waals surface area contributed by atoms with Crippen LogP contribution in [0.5, 0.6) is 5.75 Å². The first kappa shape index (κ1) is 26.0. The predicted octanol–water partition coefficient (Wildman–Crippen LogP) is 4.12. The van der Waals surface area contributed by atoms with Crippen molar-refractivity contribution in [3.63, 3.8) is 0 Å². The van der Waals surface area contributed by atoms with Gasteiger partial charge in [0.15, 0.2) is 20.8 Å². The first-order valence-electron chi connectivity index (χ1n) is 10.7. The van der Waals surface area contributed by atoms with Gasteiger partial charge < -0.3 is 9.64 Å². The van der Waals surface area contributed by atoms with E-state index in [-0.39, 0.29) is 40.0 Å². The number of nitrogens with zero attached hydrogens (tertiary/aromatic N) is 3. The second-order valence-electron chi connectivity index (χ2n) is 8.03. The summed E-state index contributed by atoms with van der Waals surface area (Å²) in [6.07, 6.45) is 0.727. The minimum absolute atomic E-state index is 0.00823. The van der Waals surface area contributed by atoms with Gasteiger partial charge in [-0.3, -0.25) is 9.69 Å². The number of carbonyl (C=O) groups excluding carboxylic acids is 1. The number of carbonyl (C=O) groups is 1. The van der Waals surface area contributed by atoms with Gasteiger partial charge in [-0.1, -0.05) is 11.3 Å². The van der Waals surface area contributed by atoms with Gasteiger partial charge in [0.2, 0.25) is 5.91 Å². The lowest BCUT2D eigenvalue weighted by atomic mass is 10.3. The number of hydrogen-bond acceptors (Lipinski definition) is 7. The Labute approximate surface area is 201 Å². The molecule has 184 valence electrons. The number of sulfone groups is 1. The third-order valence-corrected chi connectivity index (χ3v) is 7.99. The van der Waals surface area contributed by atoms with E-state index in [1.807, 2.05) is 19.0 Å². The van der Waals surface area contributed by atoms with E-state index in [1.54, 1.807) is 12.1 Å². The van der Waals surface area contributed by atoms with Gasteiger partial charge >= 0.3 is 0 Å². The number of ether oxygens (including phenoxy) is 1. The van der Waals surface area contributed by atoms with E-state index in [1.165, 1.54) is 30.2 Å². The second kappa shape index (κ2) is 11.2. The van der Waals surface area contributed by atoms with Gasteiger partial charge in [0.05, 0.1) is 22.5 Å². The molecule has 0 N–H and O–H groups in total. The van der Waals surface area contributed by atoms with Crippen LogP contribution in [0.4, 0.5) is 13.9 Å². The van der Waals surface area contributed by atoms with E-state index in [4.69, 9.17) is 4.74 Å². The van der Waals surface area contributed by atoms with Gasteiger partial charge in [0.25, 0.3) is 0 Å². The maximum atomic E-state index is 14.1. The number of anilines is 1. The number of methoxy groups -OCH3 is 1. The summed E-state index contributed by atoms with van der Waals surface area (Å²) in [6.45, 7) is 1.04. The van der Waals surface area contributed by atoms with Crippen molar-refractivity contribution in [3.8, 4) is 5.75 Å². The Morgan fingerprint density at radius 2 is 1.79 bits per heavy atom. The summed E-state index contributed by atoms with van der Waals surface area (Å²) >= 11 is 1.03. The number of benzene rings is 2. The van der Waals surface area contributed by atoms with Crippen molar-refractivity contribution in [1.82, 2.24) is 9.88 Å². The molecule has 11 heteroatoms. The summed E-state index contributed by atoms with van der Waals surface area (Å²) in [7, 11) is 1.75. The number of aromatic nitrogens is 1. The van der Waals surface area contributed by atoms with Crippen molar-refractivity contribution >= 4 is 42.4 Å². The summed E-state index contributed by atoms with van der Waals surface area (Å²) < 4.78 is 58.4. The number of rotatable bonds is 11. The molecule has 1 aromatic heterocycles. The van der Waals surface area contributed by atoms with Gasteiger partial charge in [-0.25, -0.2) is 22.2 Å². The molecule has 0 saturated carbocycles. The van der Waals surface area contributed by atoms with Crippen LogP contribution in [0.2, 0.25) is 0 Å². The first-order valence-corrected chi connectivity index (χ1v) is 13.1. The molecule has 0 aliphatic carbocycles. The Morgan fingerprint density at radius 3 is 2.44 bits per heavy atom. The molecule has 0 aliphatic heterocycles. The minimum atomic E-state index is -3.57. The first-order chi connectivity index (χ1) is 16.1. The lowest BCUT2D eigenvalue weighted by molar-refractivity contribution is -0.118. The molecule has 1 amide bonds. The molecule has 3 rings (SSSR count). The van der Waals surface area contributed by atoms with Crippen molar-refractivity contribution in [2.24, 2.45) is 0 Å². The Kier molecular flexibility index (Phi) is 8.56. The fourth-order valence-corrected chi connectivity index (χ4v) is 5.74. The lowest BCUT2D eigenvalue weighted by Gasteiger charge is -2.21. The third-order valence-electron chi connectivity index (χ3n) is 5.14. The number of halogens is 2. The molecule has 0 atom stereocenters. The van der Waals surface area contributed by atoms with Crippen molar-refractivity contribution < 1.29 is 26.7 Å². The highest BCUT2D eigenvalue weighted by molar-refractivity contribution is 7.91. The fourth-order valence-electron chi connectivity index (χ4n) is 3.38. The van der Waals surface area contributed by atoms with E-state index < -0.39 is 21.5 Å². The van der Waals surface area contributed by atoms with Crippen molar-refractivity contribution in [3.05, 3.63) is 48.0 Å². The summed E-state index contributed by atoms with van der Waals surface area (Å²) in [5, 5.41) is 0.265. The summed E-state index contributed by atoms with van der Waals surface area (Å²) in [6, 6.07) is 8.02.